The highest BCUT2D eigenvalue weighted by molar-refractivity contribution is 6.47. The fourth-order valence-corrected chi connectivity index (χ4v) is 6.91. The second kappa shape index (κ2) is 12.6. The number of aryl methyl sites for hydroxylation is 1. The standard InChI is InChI=1S/C33H42ClN7O2/c1-6-7-8-27(22-9-11-23(12-10-22)30(42)35-20-28-37-39-40-38-28)41-31(43)29(24-17-21(2)18-26(34)19-24)36-33(41)15-13-25(14-16-33)32(3,4)5/h9-12,17-19,25,27H,6-8,13-16,20H2,1-5H3,(H,35,42)(H,37,38,39,40)/t25?,27-,33?/m1/s1. The molecule has 1 aliphatic heterocycles. The van der Waals surface area contributed by atoms with Crippen LogP contribution in [0.3, 0.4) is 0 Å². The maximum absolute atomic E-state index is 14.5. The normalized spacial score (nSPS) is 21.3. The van der Waals surface area contributed by atoms with E-state index in [1.54, 1.807) is 0 Å². The van der Waals surface area contributed by atoms with Gasteiger partial charge in [0.2, 0.25) is 0 Å². The van der Waals surface area contributed by atoms with E-state index in [9.17, 15) is 9.59 Å². The minimum Gasteiger partial charge on any atom is -0.345 e. The molecule has 0 radical (unpaired) electrons. The van der Waals surface area contributed by atoms with Gasteiger partial charge in [-0.1, -0.05) is 69.5 Å². The van der Waals surface area contributed by atoms with Gasteiger partial charge in [-0.2, -0.15) is 5.21 Å². The van der Waals surface area contributed by atoms with Gasteiger partial charge in [0, 0.05) is 16.1 Å². The Morgan fingerprint density at radius 1 is 1.16 bits per heavy atom. The van der Waals surface area contributed by atoms with Gasteiger partial charge in [-0.25, -0.2) is 0 Å². The molecule has 0 bridgehead atoms. The minimum absolute atomic E-state index is 0.0427. The molecule has 2 aliphatic rings. The lowest BCUT2D eigenvalue weighted by molar-refractivity contribution is -0.133. The van der Waals surface area contributed by atoms with Crippen molar-refractivity contribution >= 4 is 29.1 Å². The molecule has 1 fully saturated rings. The smallest absolute Gasteiger partial charge is 0.275 e. The van der Waals surface area contributed by atoms with Crippen LogP contribution in [0, 0.1) is 18.3 Å². The maximum atomic E-state index is 14.5. The van der Waals surface area contributed by atoms with Crippen LogP contribution in [0.1, 0.15) is 112 Å². The molecule has 1 aromatic heterocycles. The average molecular weight is 604 g/mol. The molecule has 0 unspecified atom stereocenters. The number of aromatic amines is 1. The van der Waals surface area contributed by atoms with Gasteiger partial charge in [-0.3, -0.25) is 14.6 Å². The summed E-state index contributed by atoms with van der Waals surface area (Å²) in [5, 5.41) is 17.1. The van der Waals surface area contributed by atoms with Crippen LogP contribution in [0.25, 0.3) is 0 Å². The number of tetrazole rings is 1. The largest absolute Gasteiger partial charge is 0.345 e. The SMILES string of the molecule is CCCC[C@H](c1ccc(C(=O)NCc2nn[nH]n2)cc1)N1C(=O)C(c2cc(C)cc(Cl)c2)=NC12CCC(C(C)(C)C)CC2. The second-order valence-corrected chi connectivity index (χ2v) is 13.5. The summed E-state index contributed by atoms with van der Waals surface area (Å²) >= 11 is 6.45. The van der Waals surface area contributed by atoms with Crippen LogP contribution in [-0.2, 0) is 11.3 Å². The summed E-state index contributed by atoms with van der Waals surface area (Å²) in [4.78, 5) is 34.7. The van der Waals surface area contributed by atoms with E-state index in [2.05, 4.69) is 58.5 Å². The number of benzene rings is 2. The first kappa shape index (κ1) is 30.9. The Morgan fingerprint density at radius 3 is 2.49 bits per heavy atom. The van der Waals surface area contributed by atoms with E-state index >= 15 is 0 Å². The van der Waals surface area contributed by atoms with Gasteiger partial charge in [0.25, 0.3) is 11.8 Å². The third kappa shape index (κ3) is 6.66. The number of H-pyrrole nitrogens is 1. The van der Waals surface area contributed by atoms with Crippen molar-refractivity contribution in [1.82, 2.24) is 30.8 Å². The van der Waals surface area contributed by atoms with Crippen molar-refractivity contribution < 1.29 is 9.59 Å². The molecule has 228 valence electrons. The Balaban J connectivity index is 1.48. The predicted octanol–water partition coefficient (Wildman–Crippen LogP) is 6.59. The molecule has 5 rings (SSSR count). The van der Waals surface area contributed by atoms with E-state index in [4.69, 9.17) is 16.6 Å². The van der Waals surface area contributed by atoms with Gasteiger partial charge in [0.05, 0.1) is 12.6 Å². The Kier molecular flexibility index (Phi) is 9.02. The number of nitrogens with one attached hydrogen (secondary N) is 2. The zero-order valence-electron chi connectivity index (χ0n) is 25.8. The predicted molar refractivity (Wildman–Crippen MR) is 168 cm³/mol. The van der Waals surface area contributed by atoms with Gasteiger partial charge in [0.15, 0.2) is 5.82 Å². The molecule has 2 aromatic carbocycles. The van der Waals surface area contributed by atoms with E-state index in [1.807, 2.05) is 49.4 Å². The highest BCUT2D eigenvalue weighted by Crippen LogP contribution is 2.50. The van der Waals surface area contributed by atoms with Crippen LogP contribution < -0.4 is 5.32 Å². The van der Waals surface area contributed by atoms with Crippen LogP contribution in [0.2, 0.25) is 5.02 Å². The molecule has 2 heterocycles. The van der Waals surface area contributed by atoms with E-state index in [0.717, 1.165) is 61.6 Å². The van der Waals surface area contributed by atoms with Gasteiger partial charge < -0.3 is 10.2 Å². The Morgan fingerprint density at radius 2 is 1.88 bits per heavy atom. The molecule has 1 saturated carbocycles. The van der Waals surface area contributed by atoms with Crippen LogP contribution >= 0.6 is 11.6 Å². The number of carbonyl (C=O) groups excluding carboxylic acids is 2. The molecule has 43 heavy (non-hydrogen) atoms. The van der Waals surface area contributed by atoms with Gasteiger partial charge in [-0.15, -0.1) is 10.2 Å². The number of amides is 2. The molecule has 9 nitrogen and oxygen atoms in total. The van der Waals surface area contributed by atoms with Crippen molar-refractivity contribution in [2.45, 2.75) is 97.8 Å². The lowest BCUT2D eigenvalue weighted by atomic mass is 9.69. The summed E-state index contributed by atoms with van der Waals surface area (Å²) in [5.74, 6) is 0.716. The van der Waals surface area contributed by atoms with Crippen molar-refractivity contribution in [2.24, 2.45) is 16.3 Å². The summed E-state index contributed by atoms with van der Waals surface area (Å²) in [6.07, 6.45) is 6.46. The molecule has 10 heteroatoms. The number of carbonyl (C=O) groups is 2. The number of nitrogens with zero attached hydrogens (tertiary/aromatic N) is 5. The summed E-state index contributed by atoms with van der Waals surface area (Å²) in [7, 11) is 0. The number of hydrogen-bond acceptors (Lipinski definition) is 6. The van der Waals surface area contributed by atoms with Crippen molar-refractivity contribution in [3.05, 3.63) is 75.6 Å². The lowest BCUT2D eigenvalue weighted by Gasteiger charge is -2.47. The van der Waals surface area contributed by atoms with Crippen molar-refractivity contribution in [1.29, 1.82) is 0 Å². The Hall–Kier alpha value is -3.59. The minimum atomic E-state index is -0.608. The molecule has 1 atom stereocenters. The first-order chi connectivity index (χ1) is 20.5. The molecule has 2 amide bonds. The number of hydrogen-bond donors (Lipinski definition) is 2. The van der Waals surface area contributed by atoms with Crippen molar-refractivity contribution in [3.63, 3.8) is 0 Å². The highest BCUT2D eigenvalue weighted by Gasteiger charge is 2.52. The zero-order valence-corrected chi connectivity index (χ0v) is 26.5. The molecular formula is C33H42ClN7O2. The van der Waals surface area contributed by atoms with E-state index in [0.29, 0.717) is 28.0 Å². The van der Waals surface area contributed by atoms with Crippen molar-refractivity contribution in [2.75, 3.05) is 0 Å². The third-order valence-electron chi connectivity index (χ3n) is 9.01. The number of aromatic nitrogens is 4. The number of rotatable bonds is 9. The van der Waals surface area contributed by atoms with Crippen LogP contribution in [-0.4, -0.2) is 48.7 Å². The Bertz CT molecular complexity index is 1450. The fourth-order valence-electron chi connectivity index (χ4n) is 6.62. The molecule has 2 N–H and O–H groups in total. The van der Waals surface area contributed by atoms with E-state index < -0.39 is 5.66 Å². The average Bonchev–Trinajstić information content (AvgIpc) is 3.58. The topological polar surface area (TPSA) is 116 Å². The maximum Gasteiger partial charge on any atom is 0.275 e. The molecular weight excluding hydrogens is 562 g/mol. The van der Waals surface area contributed by atoms with Crippen LogP contribution in [0.5, 0.6) is 0 Å². The van der Waals surface area contributed by atoms with Gasteiger partial charge in [0.1, 0.15) is 11.4 Å². The number of unbranched alkanes of at least 4 members (excludes halogenated alkanes) is 1. The van der Waals surface area contributed by atoms with Crippen LogP contribution in [0.15, 0.2) is 47.5 Å². The highest BCUT2D eigenvalue weighted by atomic mass is 35.5. The first-order valence-corrected chi connectivity index (χ1v) is 15.7. The monoisotopic (exact) mass is 603 g/mol. The van der Waals surface area contributed by atoms with Crippen LogP contribution in [0.4, 0.5) is 0 Å². The quantitative estimate of drug-likeness (QED) is 0.286. The fraction of sp³-hybridized carbons (Fsp3) is 0.515. The molecule has 0 saturated heterocycles. The van der Waals surface area contributed by atoms with Crippen molar-refractivity contribution in [3.8, 4) is 0 Å². The van der Waals surface area contributed by atoms with Gasteiger partial charge >= 0.3 is 0 Å². The lowest BCUT2D eigenvalue weighted by Crippen LogP contribution is -2.51. The summed E-state index contributed by atoms with van der Waals surface area (Å²) < 4.78 is 0. The molecule has 1 spiro atoms. The van der Waals surface area contributed by atoms with E-state index in [1.165, 1.54) is 0 Å². The summed E-state index contributed by atoms with van der Waals surface area (Å²) in [6, 6.07) is 13.2. The number of halogens is 1. The molecule has 3 aromatic rings. The third-order valence-corrected chi connectivity index (χ3v) is 9.23. The summed E-state index contributed by atoms with van der Waals surface area (Å²) in [5.41, 5.74) is 3.40. The van der Waals surface area contributed by atoms with E-state index in [-0.39, 0.29) is 29.8 Å². The Labute approximate surface area is 258 Å². The summed E-state index contributed by atoms with van der Waals surface area (Å²) in [6.45, 7) is 11.3. The number of aliphatic imine (C=N–C) groups is 1. The molecule has 1 aliphatic carbocycles. The van der Waals surface area contributed by atoms with Gasteiger partial charge in [-0.05, 0) is 91.8 Å². The first-order valence-electron chi connectivity index (χ1n) is 15.3. The second-order valence-electron chi connectivity index (χ2n) is 13.1. The zero-order chi connectivity index (χ0) is 30.8.